The Kier molecular flexibility index (Phi) is 3.45. The van der Waals surface area contributed by atoms with Crippen LogP contribution in [0.25, 0.3) is 0 Å². The van der Waals surface area contributed by atoms with Crippen LogP contribution in [0.15, 0.2) is 30.3 Å². The zero-order chi connectivity index (χ0) is 12.3. The van der Waals surface area contributed by atoms with Gasteiger partial charge in [0.15, 0.2) is 0 Å². The van der Waals surface area contributed by atoms with Crippen molar-refractivity contribution in [3.05, 3.63) is 35.9 Å². The van der Waals surface area contributed by atoms with Gasteiger partial charge in [-0.3, -0.25) is 4.79 Å². The smallest absolute Gasteiger partial charge is 0.306 e. The predicted octanol–water partition coefficient (Wildman–Crippen LogP) is 1.08. The number of ether oxygens (including phenoxy) is 2. The van der Waals surface area contributed by atoms with E-state index < -0.39 is 5.60 Å². The van der Waals surface area contributed by atoms with Crippen molar-refractivity contribution in [1.29, 1.82) is 0 Å². The van der Waals surface area contributed by atoms with E-state index >= 15 is 0 Å². The highest BCUT2D eigenvalue weighted by Crippen LogP contribution is 2.37. The first-order chi connectivity index (χ1) is 8.16. The molecule has 0 unspecified atom stereocenters. The van der Waals surface area contributed by atoms with E-state index in [4.69, 9.17) is 4.74 Å². The normalized spacial score (nSPS) is 28.0. The minimum absolute atomic E-state index is 0.169. The van der Waals surface area contributed by atoms with Crippen molar-refractivity contribution in [2.75, 3.05) is 20.3 Å². The number of benzene rings is 1. The fraction of sp³-hybridized carbons (Fsp3) is 0.462. The molecule has 0 aliphatic carbocycles. The highest BCUT2D eigenvalue weighted by atomic mass is 16.5. The minimum Gasteiger partial charge on any atom is -0.469 e. The van der Waals surface area contributed by atoms with Gasteiger partial charge in [0.2, 0.25) is 0 Å². The number of methoxy groups -OCH3 is 1. The molecule has 4 nitrogen and oxygen atoms in total. The molecule has 0 aromatic heterocycles. The minimum atomic E-state index is -1.09. The van der Waals surface area contributed by atoms with Gasteiger partial charge in [-0.2, -0.15) is 0 Å². The lowest BCUT2D eigenvalue weighted by molar-refractivity contribution is -0.143. The Balaban J connectivity index is 2.20. The predicted molar refractivity (Wildman–Crippen MR) is 61.3 cm³/mol. The molecule has 17 heavy (non-hydrogen) atoms. The van der Waals surface area contributed by atoms with Crippen LogP contribution in [-0.2, 0) is 19.9 Å². The maximum absolute atomic E-state index is 11.3. The molecule has 0 radical (unpaired) electrons. The summed E-state index contributed by atoms with van der Waals surface area (Å²) in [5, 5.41) is 10.6. The summed E-state index contributed by atoms with van der Waals surface area (Å²) in [6, 6.07) is 9.30. The Morgan fingerprint density at radius 2 is 2.24 bits per heavy atom. The van der Waals surface area contributed by atoms with Crippen LogP contribution in [0.3, 0.4) is 0 Å². The quantitative estimate of drug-likeness (QED) is 0.798. The first-order valence-electron chi connectivity index (χ1n) is 5.59. The van der Waals surface area contributed by atoms with Crippen LogP contribution in [0.1, 0.15) is 12.0 Å². The van der Waals surface area contributed by atoms with Crippen molar-refractivity contribution in [3.63, 3.8) is 0 Å². The second kappa shape index (κ2) is 4.85. The Labute approximate surface area is 100 Å². The van der Waals surface area contributed by atoms with E-state index in [1.165, 1.54) is 7.11 Å². The summed E-state index contributed by atoms with van der Waals surface area (Å²) in [7, 11) is 1.35. The fourth-order valence-corrected chi connectivity index (χ4v) is 2.17. The number of carbonyl (C=O) groups excluding carboxylic acids is 1. The topological polar surface area (TPSA) is 55.8 Å². The molecular weight excluding hydrogens is 220 g/mol. The maximum Gasteiger partial charge on any atom is 0.306 e. The maximum atomic E-state index is 11.3. The monoisotopic (exact) mass is 236 g/mol. The van der Waals surface area contributed by atoms with Crippen LogP contribution in [0.5, 0.6) is 0 Å². The lowest BCUT2D eigenvalue weighted by Crippen LogP contribution is -2.35. The van der Waals surface area contributed by atoms with Gasteiger partial charge < -0.3 is 14.6 Å². The van der Waals surface area contributed by atoms with Crippen molar-refractivity contribution < 1.29 is 19.4 Å². The zero-order valence-corrected chi connectivity index (χ0v) is 9.76. The van der Waals surface area contributed by atoms with Gasteiger partial charge in [-0.25, -0.2) is 0 Å². The lowest BCUT2D eigenvalue weighted by atomic mass is 9.82. The lowest BCUT2D eigenvalue weighted by Gasteiger charge is -2.27. The molecule has 2 atom stereocenters. The summed E-state index contributed by atoms with van der Waals surface area (Å²) >= 11 is 0. The molecule has 1 heterocycles. The van der Waals surface area contributed by atoms with Gasteiger partial charge in [-0.1, -0.05) is 30.3 Å². The van der Waals surface area contributed by atoms with E-state index in [2.05, 4.69) is 4.74 Å². The van der Waals surface area contributed by atoms with Crippen molar-refractivity contribution in [2.24, 2.45) is 5.92 Å². The van der Waals surface area contributed by atoms with Crippen LogP contribution in [0.4, 0.5) is 0 Å². The average Bonchev–Trinajstić information content (AvgIpc) is 2.73. The van der Waals surface area contributed by atoms with Gasteiger partial charge in [0, 0.05) is 5.92 Å². The molecule has 92 valence electrons. The Morgan fingerprint density at radius 3 is 2.88 bits per heavy atom. The van der Waals surface area contributed by atoms with Gasteiger partial charge in [0.05, 0.1) is 26.7 Å². The van der Waals surface area contributed by atoms with Crippen LogP contribution in [0, 0.1) is 5.92 Å². The third-order valence-electron chi connectivity index (χ3n) is 3.23. The molecule has 0 bridgehead atoms. The number of hydrogen-bond acceptors (Lipinski definition) is 4. The molecule has 1 aromatic rings. The third-order valence-corrected chi connectivity index (χ3v) is 3.23. The Morgan fingerprint density at radius 1 is 1.53 bits per heavy atom. The summed E-state index contributed by atoms with van der Waals surface area (Å²) in [6.07, 6.45) is 0.169. The van der Waals surface area contributed by atoms with Crippen molar-refractivity contribution in [3.8, 4) is 0 Å². The van der Waals surface area contributed by atoms with Gasteiger partial charge in [0.1, 0.15) is 5.60 Å². The number of rotatable bonds is 3. The third kappa shape index (κ3) is 2.33. The summed E-state index contributed by atoms with van der Waals surface area (Å²) in [4.78, 5) is 11.3. The average molecular weight is 236 g/mol. The van der Waals surface area contributed by atoms with E-state index in [1.807, 2.05) is 30.3 Å². The van der Waals surface area contributed by atoms with Gasteiger partial charge >= 0.3 is 5.97 Å². The van der Waals surface area contributed by atoms with E-state index in [1.54, 1.807) is 0 Å². The second-order valence-electron chi connectivity index (χ2n) is 4.28. The van der Waals surface area contributed by atoms with E-state index in [0.717, 1.165) is 5.56 Å². The highest BCUT2D eigenvalue weighted by molar-refractivity contribution is 5.69. The zero-order valence-electron chi connectivity index (χ0n) is 9.76. The molecule has 0 spiro atoms. The van der Waals surface area contributed by atoms with Crippen LogP contribution in [-0.4, -0.2) is 31.4 Å². The molecule has 2 rings (SSSR count). The number of aliphatic hydroxyl groups is 1. The molecule has 0 saturated carbocycles. The Hall–Kier alpha value is -1.39. The standard InChI is InChI=1S/C13H16O4/c1-16-12(14)7-11-8-17-9-13(11,15)10-5-3-2-4-6-10/h2-6,11,15H,7-9H2,1H3/t11-,13+/m1/s1. The largest absolute Gasteiger partial charge is 0.469 e. The van der Waals surface area contributed by atoms with Gasteiger partial charge in [-0.15, -0.1) is 0 Å². The molecule has 1 N–H and O–H groups in total. The van der Waals surface area contributed by atoms with Crippen LogP contribution in [0.2, 0.25) is 0 Å². The molecule has 4 heteroatoms. The summed E-state index contributed by atoms with van der Waals surface area (Å²) in [5.74, 6) is -0.577. The van der Waals surface area contributed by atoms with Crippen LogP contribution >= 0.6 is 0 Å². The summed E-state index contributed by atoms with van der Waals surface area (Å²) in [6.45, 7) is 0.596. The molecule has 0 amide bonds. The van der Waals surface area contributed by atoms with Crippen molar-refractivity contribution in [2.45, 2.75) is 12.0 Å². The molecule has 1 aromatic carbocycles. The molecule has 1 saturated heterocycles. The first kappa shape index (κ1) is 12.1. The number of hydrogen-bond donors (Lipinski definition) is 1. The molecule has 1 aliphatic heterocycles. The number of esters is 1. The Bertz CT molecular complexity index is 390. The highest BCUT2D eigenvalue weighted by Gasteiger charge is 2.44. The molecule has 1 fully saturated rings. The van der Waals surface area contributed by atoms with E-state index in [9.17, 15) is 9.90 Å². The SMILES string of the molecule is COC(=O)C[C@@H]1COC[C@]1(O)c1ccccc1. The van der Waals surface area contributed by atoms with E-state index in [-0.39, 0.29) is 24.9 Å². The molecule has 1 aliphatic rings. The van der Waals surface area contributed by atoms with Gasteiger partial charge in [-0.05, 0) is 5.56 Å². The van der Waals surface area contributed by atoms with Crippen molar-refractivity contribution in [1.82, 2.24) is 0 Å². The molecular formula is C13H16O4. The fourth-order valence-electron chi connectivity index (χ4n) is 2.17. The summed E-state index contributed by atoms with van der Waals surface area (Å²) in [5.41, 5.74) is -0.304. The second-order valence-corrected chi connectivity index (χ2v) is 4.28. The first-order valence-corrected chi connectivity index (χ1v) is 5.59. The van der Waals surface area contributed by atoms with Crippen LogP contribution < -0.4 is 0 Å². The van der Waals surface area contributed by atoms with Crippen molar-refractivity contribution >= 4 is 5.97 Å². The number of carbonyl (C=O) groups is 1. The summed E-state index contributed by atoms with van der Waals surface area (Å²) < 4.78 is 9.95. The van der Waals surface area contributed by atoms with E-state index in [0.29, 0.717) is 6.61 Å². The van der Waals surface area contributed by atoms with Gasteiger partial charge in [0.25, 0.3) is 0 Å².